The third kappa shape index (κ3) is 4.33. The molecule has 0 saturated carbocycles. The number of hydrogen-bond donors (Lipinski definition) is 2. The molecule has 3 nitrogen and oxygen atoms in total. The van der Waals surface area contributed by atoms with Crippen LogP contribution in [0, 0.1) is 11.6 Å². The lowest BCUT2D eigenvalue weighted by molar-refractivity contribution is 0.0207. The second-order valence-electron chi connectivity index (χ2n) is 4.78. The summed E-state index contributed by atoms with van der Waals surface area (Å²) in [5.41, 5.74) is -0.278. The van der Waals surface area contributed by atoms with Crippen LogP contribution in [-0.4, -0.2) is 30.9 Å². The Balaban J connectivity index is 2.53. The molecule has 0 amide bonds. The van der Waals surface area contributed by atoms with E-state index in [1.54, 1.807) is 7.11 Å². The maximum Gasteiger partial charge on any atom is 0.131 e. The Bertz CT molecular complexity index is 397. The third-order valence-electron chi connectivity index (χ3n) is 2.76. The number of ether oxygens (including phenoxy) is 1. The van der Waals surface area contributed by atoms with Gasteiger partial charge in [-0.1, -0.05) is 6.07 Å². The third-order valence-corrected chi connectivity index (χ3v) is 2.76. The van der Waals surface area contributed by atoms with Crippen LogP contribution in [0.15, 0.2) is 18.2 Å². The largest absolute Gasteiger partial charge is 0.387 e. The lowest BCUT2D eigenvalue weighted by Gasteiger charge is -2.24. The lowest BCUT2D eigenvalue weighted by Crippen LogP contribution is -2.38. The zero-order valence-corrected chi connectivity index (χ0v) is 10.8. The molecule has 102 valence electrons. The van der Waals surface area contributed by atoms with Crippen molar-refractivity contribution in [2.24, 2.45) is 0 Å². The van der Waals surface area contributed by atoms with E-state index in [9.17, 15) is 13.9 Å². The van der Waals surface area contributed by atoms with Crippen LogP contribution in [-0.2, 0) is 4.74 Å². The first-order valence-electron chi connectivity index (χ1n) is 5.74. The van der Waals surface area contributed by atoms with Crippen LogP contribution in [0.1, 0.15) is 25.5 Å². The molecule has 2 N–H and O–H groups in total. The highest BCUT2D eigenvalue weighted by atomic mass is 19.1. The summed E-state index contributed by atoms with van der Waals surface area (Å²) in [5.74, 6) is -1.40. The number of benzene rings is 1. The van der Waals surface area contributed by atoms with E-state index < -0.39 is 17.7 Å². The number of rotatable bonds is 6. The standard InChI is InChI=1S/C13H19F2NO2/c1-13(2,18-3)8-16-7-12(17)10-5-4-9(14)6-11(10)15/h4-6,12,16-17H,7-8H2,1-3H3. The van der Waals surface area contributed by atoms with Gasteiger partial charge in [-0.05, 0) is 19.9 Å². The molecule has 0 aromatic heterocycles. The van der Waals surface area contributed by atoms with Crippen LogP contribution < -0.4 is 5.32 Å². The van der Waals surface area contributed by atoms with Gasteiger partial charge >= 0.3 is 0 Å². The first kappa shape index (κ1) is 15.0. The van der Waals surface area contributed by atoms with Crippen LogP contribution in [0.25, 0.3) is 0 Å². The molecule has 0 aliphatic carbocycles. The van der Waals surface area contributed by atoms with Crippen molar-refractivity contribution in [1.82, 2.24) is 5.32 Å². The second-order valence-corrected chi connectivity index (χ2v) is 4.78. The highest BCUT2D eigenvalue weighted by Crippen LogP contribution is 2.17. The highest BCUT2D eigenvalue weighted by molar-refractivity contribution is 5.21. The van der Waals surface area contributed by atoms with Gasteiger partial charge in [-0.15, -0.1) is 0 Å². The minimum absolute atomic E-state index is 0.0825. The van der Waals surface area contributed by atoms with Crippen LogP contribution in [0.3, 0.4) is 0 Å². The minimum atomic E-state index is -1.02. The predicted molar refractivity (Wildman–Crippen MR) is 65.3 cm³/mol. The summed E-state index contributed by atoms with van der Waals surface area (Å²) in [6.07, 6.45) is -1.02. The van der Waals surface area contributed by atoms with Crippen molar-refractivity contribution in [3.05, 3.63) is 35.4 Å². The fourth-order valence-corrected chi connectivity index (χ4v) is 1.46. The smallest absolute Gasteiger partial charge is 0.131 e. The summed E-state index contributed by atoms with van der Waals surface area (Å²) in [7, 11) is 1.59. The molecular formula is C13H19F2NO2. The number of hydrogen-bond acceptors (Lipinski definition) is 3. The molecule has 18 heavy (non-hydrogen) atoms. The molecular weight excluding hydrogens is 240 g/mol. The number of methoxy groups -OCH3 is 1. The van der Waals surface area contributed by atoms with Gasteiger partial charge in [-0.25, -0.2) is 8.78 Å². The fraction of sp³-hybridized carbons (Fsp3) is 0.538. The molecule has 5 heteroatoms. The van der Waals surface area contributed by atoms with Crippen LogP contribution in [0.5, 0.6) is 0 Å². The Morgan fingerprint density at radius 3 is 2.61 bits per heavy atom. The zero-order valence-electron chi connectivity index (χ0n) is 10.8. The topological polar surface area (TPSA) is 41.5 Å². The molecule has 0 bridgehead atoms. The van der Waals surface area contributed by atoms with Crippen molar-refractivity contribution in [2.75, 3.05) is 20.2 Å². The van der Waals surface area contributed by atoms with E-state index >= 15 is 0 Å². The molecule has 0 heterocycles. The second kappa shape index (κ2) is 6.22. The van der Waals surface area contributed by atoms with E-state index in [-0.39, 0.29) is 17.7 Å². The molecule has 0 spiro atoms. The number of aliphatic hydroxyl groups is 1. The van der Waals surface area contributed by atoms with Gasteiger partial charge in [-0.3, -0.25) is 0 Å². The Labute approximate surface area is 106 Å². The Morgan fingerprint density at radius 1 is 1.39 bits per heavy atom. The van der Waals surface area contributed by atoms with Crippen molar-refractivity contribution in [1.29, 1.82) is 0 Å². The first-order chi connectivity index (χ1) is 8.35. The predicted octanol–water partition coefficient (Wildman–Crippen LogP) is 2.01. The van der Waals surface area contributed by atoms with Gasteiger partial charge in [0.25, 0.3) is 0 Å². The summed E-state index contributed by atoms with van der Waals surface area (Å²) < 4.78 is 31.3. The summed E-state index contributed by atoms with van der Waals surface area (Å²) in [6.45, 7) is 4.48. The van der Waals surface area contributed by atoms with Crippen LogP contribution in [0.4, 0.5) is 8.78 Å². The molecule has 0 aliphatic rings. The van der Waals surface area contributed by atoms with E-state index in [1.807, 2.05) is 13.8 Å². The van der Waals surface area contributed by atoms with E-state index in [0.717, 1.165) is 12.1 Å². The molecule has 0 radical (unpaired) electrons. The van der Waals surface area contributed by atoms with E-state index in [1.165, 1.54) is 6.07 Å². The molecule has 0 fully saturated rings. The summed E-state index contributed by atoms with van der Waals surface area (Å²) in [5, 5.41) is 12.8. The lowest BCUT2D eigenvalue weighted by atomic mass is 10.1. The number of halogens is 2. The SMILES string of the molecule is COC(C)(C)CNCC(O)c1ccc(F)cc1F. The molecule has 1 aromatic rings. The Morgan fingerprint density at radius 2 is 2.06 bits per heavy atom. The van der Waals surface area contributed by atoms with Crippen LogP contribution >= 0.6 is 0 Å². The van der Waals surface area contributed by atoms with Crippen molar-refractivity contribution < 1.29 is 18.6 Å². The van der Waals surface area contributed by atoms with Crippen molar-refractivity contribution >= 4 is 0 Å². The monoisotopic (exact) mass is 259 g/mol. The van der Waals surface area contributed by atoms with Crippen molar-refractivity contribution in [3.63, 3.8) is 0 Å². The highest BCUT2D eigenvalue weighted by Gasteiger charge is 2.18. The average Bonchev–Trinajstić information content (AvgIpc) is 2.28. The van der Waals surface area contributed by atoms with E-state index in [4.69, 9.17) is 4.74 Å². The molecule has 1 atom stereocenters. The van der Waals surface area contributed by atoms with Gasteiger partial charge in [0, 0.05) is 31.8 Å². The van der Waals surface area contributed by atoms with Crippen LogP contribution in [0.2, 0.25) is 0 Å². The Kier molecular flexibility index (Phi) is 5.19. The number of aliphatic hydroxyl groups excluding tert-OH is 1. The summed E-state index contributed by atoms with van der Waals surface area (Å²) in [6, 6.07) is 3.14. The molecule has 0 aliphatic heterocycles. The molecule has 0 saturated heterocycles. The average molecular weight is 259 g/mol. The molecule has 1 rings (SSSR count). The number of nitrogens with one attached hydrogen (secondary N) is 1. The van der Waals surface area contributed by atoms with Gasteiger partial charge in [-0.2, -0.15) is 0 Å². The maximum atomic E-state index is 13.4. The first-order valence-corrected chi connectivity index (χ1v) is 5.74. The van der Waals surface area contributed by atoms with Gasteiger partial charge in [0.2, 0.25) is 0 Å². The van der Waals surface area contributed by atoms with E-state index in [2.05, 4.69) is 5.32 Å². The van der Waals surface area contributed by atoms with Crippen molar-refractivity contribution in [2.45, 2.75) is 25.6 Å². The Hall–Kier alpha value is -1.04. The van der Waals surface area contributed by atoms with Crippen molar-refractivity contribution in [3.8, 4) is 0 Å². The van der Waals surface area contributed by atoms with Gasteiger partial charge in [0.05, 0.1) is 11.7 Å². The molecule has 1 unspecified atom stereocenters. The zero-order chi connectivity index (χ0) is 13.8. The minimum Gasteiger partial charge on any atom is -0.387 e. The van der Waals surface area contributed by atoms with Gasteiger partial charge in [0.15, 0.2) is 0 Å². The van der Waals surface area contributed by atoms with Gasteiger partial charge < -0.3 is 15.2 Å². The fourth-order valence-electron chi connectivity index (χ4n) is 1.46. The molecule has 1 aromatic carbocycles. The summed E-state index contributed by atoms with van der Waals surface area (Å²) >= 11 is 0. The van der Waals surface area contributed by atoms with E-state index in [0.29, 0.717) is 6.54 Å². The summed E-state index contributed by atoms with van der Waals surface area (Å²) in [4.78, 5) is 0. The quantitative estimate of drug-likeness (QED) is 0.821. The normalized spacial score (nSPS) is 13.7. The maximum absolute atomic E-state index is 13.4. The van der Waals surface area contributed by atoms with Gasteiger partial charge in [0.1, 0.15) is 11.6 Å².